The van der Waals surface area contributed by atoms with Gasteiger partial charge in [0.2, 0.25) is 0 Å². The fraction of sp³-hybridized carbons (Fsp3) is 0.625. The number of hydrogen-bond acceptors (Lipinski definition) is 3. The maximum Gasteiger partial charge on any atom is 0.269 e. The molecule has 0 saturated heterocycles. The summed E-state index contributed by atoms with van der Waals surface area (Å²) in [5.74, 6) is 0. The van der Waals surface area contributed by atoms with Crippen LogP contribution in [0.1, 0.15) is 51.0 Å². The van der Waals surface area contributed by atoms with E-state index in [9.17, 15) is 10.1 Å². The molecule has 0 aliphatic carbocycles. The molecule has 1 rings (SSSR count). The first kappa shape index (κ1) is 19.9. The van der Waals surface area contributed by atoms with Crippen LogP contribution in [0.5, 0.6) is 0 Å². The lowest BCUT2D eigenvalue weighted by Gasteiger charge is -2.05. The van der Waals surface area contributed by atoms with E-state index < -0.39 is 0 Å². The Morgan fingerprint density at radius 1 is 1.00 bits per heavy atom. The van der Waals surface area contributed by atoms with Gasteiger partial charge in [0.1, 0.15) is 0 Å². The van der Waals surface area contributed by atoms with Crippen LogP contribution >= 0.6 is 12.4 Å². The zero-order valence-corrected chi connectivity index (χ0v) is 13.7. The number of non-ortho nitro benzene ring substituents is 1. The molecular weight excluding hydrogens is 288 g/mol. The van der Waals surface area contributed by atoms with E-state index in [1.165, 1.54) is 38.5 Å². The van der Waals surface area contributed by atoms with Crippen molar-refractivity contribution < 1.29 is 4.92 Å². The largest absolute Gasteiger partial charge is 0.316 e. The third-order valence-electron chi connectivity index (χ3n) is 3.44. The van der Waals surface area contributed by atoms with Crippen LogP contribution in [0.25, 0.3) is 0 Å². The Labute approximate surface area is 133 Å². The van der Waals surface area contributed by atoms with Gasteiger partial charge in [-0.15, -0.1) is 12.4 Å². The average Bonchev–Trinajstić information content (AvgIpc) is 2.46. The molecule has 21 heavy (non-hydrogen) atoms. The van der Waals surface area contributed by atoms with Gasteiger partial charge in [-0.25, -0.2) is 0 Å². The first-order chi connectivity index (χ1) is 9.74. The zero-order valence-electron chi connectivity index (χ0n) is 12.8. The normalized spacial score (nSPS) is 10.1. The summed E-state index contributed by atoms with van der Waals surface area (Å²) in [6, 6.07) is 6.82. The second-order valence-corrected chi connectivity index (χ2v) is 5.19. The molecule has 0 fully saturated rings. The highest BCUT2D eigenvalue weighted by Crippen LogP contribution is 2.11. The van der Waals surface area contributed by atoms with Crippen molar-refractivity contribution in [3.05, 3.63) is 39.9 Å². The minimum atomic E-state index is -0.361. The number of nitrogens with zero attached hydrogens (tertiary/aromatic N) is 1. The Morgan fingerprint density at radius 2 is 1.62 bits per heavy atom. The molecule has 0 saturated carbocycles. The van der Waals surface area contributed by atoms with Gasteiger partial charge in [-0.2, -0.15) is 0 Å². The van der Waals surface area contributed by atoms with Crippen molar-refractivity contribution in [1.29, 1.82) is 0 Å². The first-order valence-corrected chi connectivity index (χ1v) is 7.68. The highest BCUT2D eigenvalue weighted by molar-refractivity contribution is 5.85. The van der Waals surface area contributed by atoms with E-state index in [4.69, 9.17) is 0 Å². The van der Waals surface area contributed by atoms with Crippen molar-refractivity contribution in [3.8, 4) is 0 Å². The quantitative estimate of drug-likeness (QED) is 0.371. The minimum absolute atomic E-state index is 0. The van der Waals surface area contributed by atoms with Gasteiger partial charge in [0.15, 0.2) is 0 Å². The number of nitro groups is 1. The lowest BCUT2D eigenvalue weighted by molar-refractivity contribution is -0.384. The molecule has 0 atom stereocenters. The Morgan fingerprint density at radius 3 is 2.24 bits per heavy atom. The minimum Gasteiger partial charge on any atom is -0.316 e. The maximum atomic E-state index is 10.5. The third-order valence-corrected chi connectivity index (χ3v) is 3.44. The number of rotatable bonds is 11. The predicted octanol–water partition coefficient (Wildman–Crippen LogP) is 4.51. The molecule has 120 valence electrons. The van der Waals surface area contributed by atoms with E-state index in [0.717, 1.165) is 25.1 Å². The zero-order chi connectivity index (χ0) is 14.6. The molecule has 1 N–H and O–H groups in total. The Kier molecular flexibility index (Phi) is 11.9. The van der Waals surface area contributed by atoms with E-state index in [0.29, 0.717) is 0 Å². The SMILES string of the molecule is CCCCCCCCNCCc1ccc([N+](=O)[O-])cc1.Cl. The van der Waals surface area contributed by atoms with Gasteiger partial charge in [-0.1, -0.05) is 51.2 Å². The number of benzene rings is 1. The van der Waals surface area contributed by atoms with Crippen molar-refractivity contribution in [2.75, 3.05) is 13.1 Å². The molecule has 0 spiro atoms. The fourth-order valence-corrected chi connectivity index (χ4v) is 2.17. The molecule has 0 radical (unpaired) electrons. The van der Waals surface area contributed by atoms with Gasteiger partial charge in [0.05, 0.1) is 4.92 Å². The standard InChI is InChI=1S/C16H26N2O2.ClH/c1-2-3-4-5-6-7-13-17-14-12-15-8-10-16(11-9-15)18(19)20;/h8-11,17H,2-7,12-14H2,1H3;1H. The summed E-state index contributed by atoms with van der Waals surface area (Å²) in [6.07, 6.45) is 8.83. The highest BCUT2D eigenvalue weighted by Gasteiger charge is 2.03. The predicted molar refractivity (Wildman–Crippen MR) is 90.3 cm³/mol. The summed E-state index contributed by atoms with van der Waals surface area (Å²) in [4.78, 5) is 10.2. The summed E-state index contributed by atoms with van der Waals surface area (Å²) >= 11 is 0. The topological polar surface area (TPSA) is 55.2 Å². The third kappa shape index (κ3) is 9.43. The second kappa shape index (κ2) is 12.6. The highest BCUT2D eigenvalue weighted by atomic mass is 35.5. The molecule has 0 bridgehead atoms. The van der Waals surface area contributed by atoms with E-state index in [1.54, 1.807) is 12.1 Å². The number of hydrogen-bond donors (Lipinski definition) is 1. The van der Waals surface area contributed by atoms with E-state index >= 15 is 0 Å². The van der Waals surface area contributed by atoms with Gasteiger partial charge in [0, 0.05) is 12.1 Å². The van der Waals surface area contributed by atoms with Gasteiger partial charge in [-0.05, 0) is 31.5 Å². The molecule has 4 nitrogen and oxygen atoms in total. The van der Waals surface area contributed by atoms with Crippen LogP contribution in [0.4, 0.5) is 5.69 Å². The molecular formula is C16H27ClN2O2. The first-order valence-electron chi connectivity index (χ1n) is 7.68. The van der Waals surface area contributed by atoms with Crippen LogP contribution in [-0.4, -0.2) is 18.0 Å². The lowest BCUT2D eigenvalue weighted by Crippen LogP contribution is -2.18. The monoisotopic (exact) mass is 314 g/mol. The molecule has 1 aromatic carbocycles. The summed E-state index contributed by atoms with van der Waals surface area (Å²) in [5, 5.41) is 14.0. The molecule has 0 heterocycles. The fourth-order valence-electron chi connectivity index (χ4n) is 2.17. The lowest BCUT2D eigenvalue weighted by atomic mass is 10.1. The second-order valence-electron chi connectivity index (χ2n) is 5.19. The molecule has 5 heteroatoms. The Hall–Kier alpha value is -1.13. The van der Waals surface area contributed by atoms with Crippen LogP contribution in [0.3, 0.4) is 0 Å². The van der Waals surface area contributed by atoms with E-state index in [1.807, 2.05) is 12.1 Å². The number of halogens is 1. The molecule has 0 aliphatic heterocycles. The average molecular weight is 315 g/mol. The summed E-state index contributed by atoms with van der Waals surface area (Å²) in [7, 11) is 0. The number of unbranched alkanes of at least 4 members (excludes halogenated alkanes) is 5. The van der Waals surface area contributed by atoms with Crippen LogP contribution in [-0.2, 0) is 6.42 Å². The van der Waals surface area contributed by atoms with Crippen LogP contribution in [0, 0.1) is 10.1 Å². The van der Waals surface area contributed by atoms with E-state index in [-0.39, 0.29) is 23.0 Å². The van der Waals surface area contributed by atoms with Gasteiger partial charge >= 0.3 is 0 Å². The van der Waals surface area contributed by atoms with Crippen molar-refractivity contribution in [1.82, 2.24) is 5.32 Å². The smallest absolute Gasteiger partial charge is 0.269 e. The van der Waals surface area contributed by atoms with Crippen molar-refractivity contribution in [2.24, 2.45) is 0 Å². The molecule has 0 unspecified atom stereocenters. The van der Waals surface area contributed by atoms with E-state index in [2.05, 4.69) is 12.2 Å². The number of nitro benzene ring substituents is 1. The van der Waals surface area contributed by atoms with Crippen molar-refractivity contribution in [3.63, 3.8) is 0 Å². The van der Waals surface area contributed by atoms with Crippen molar-refractivity contribution >= 4 is 18.1 Å². The molecule has 1 aromatic rings. The number of nitrogens with one attached hydrogen (secondary N) is 1. The van der Waals surface area contributed by atoms with Gasteiger partial charge in [-0.3, -0.25) is 10.1 Å². The van der Waals surface area contributed by atoms with Crippen LogP contribution in [0.15, 0.2) is 24.3 Å². The summed E-state index contributed by atoms with van der Waals surface area (Å²) in [6.45, 7) is 4.24. The Bertz CT molecular complexity index is 382. The maximum absolute atomic E-state index is 10.5. The molecule has 0 aromatic heterocycles. The van der Waals surface area contributed by atoms with Gasteiger partial charge in [0.25, 0.3) is 5.69 Å². The van der Waals surface area contributed by atoms with Crippen molar-refractivity contribution in [2.45, 2.75) is 51.9 Å². The molecule has 0 amide bonds. The summed E-state index contributed by atoms with van der Waals surface area (Å²) in [5.41, 5.74) is 1.31. The summed E-state index contributed by atoms with van der Waals surface area (Å²) < 4.78 is 0. The van der Waals surface area contributed by atoms with Crippen LogP contribution < -0.4 is 5.32 Å². The van der Waals surface area contributed by atoms with Gasteiger partial charge < -0.3 is 5.32 Å². The van der Waals surface area contributed by atoms with Crippen LogP contribution in [0.2, 0.25) is 0 Å². The Balaban J connectivity index is 0.00000400. The molecule has 0 aliphatic rings.